The molecule has 1 unspecified atom stereocenters. The number of hydrogen-bond acceptors (Lipinski definition) is 1. The second-order valence-electron chi connectivity index (χ2n) is 6.05. The summed E-state index contributed by atoms with van der Waals surface area (Å²) in [6.45, 7) is 6.89. The van der Waals surface area contributed by atoms with Crippen LogP contribution in [0.15, 0.2) is 36.8 Å². The SMILES string of the molecule is CC(C)(C)CC1c2ccccc2-c2cncn21. The third-order valence-electron chi connectivity index (χ3n) is 3.40. The van der Waals surface area contributed by atoms with Crippen molar-refractivity contribution in [3.63, 3.8) is 0 Å². The minimum absolute atomic E-state index is 0.323. The summed E-state index contributed by atoms with van der Waals surface area (Å²) in [6, 6.07) is 9.14. The number of rotatable bonds is 1. The monoisotopic (exact) mass is 226 g/mol. The van der Waals surface area contributed by atoms with Gasteiger partial charge in [0, 0.05) is 5.56 Å². The van der Waals surface area contributed by atoms with E-state index in [1.807, 2.05) is 12.5 Å². The van der Waals surface area contributed by atoms with Gasteiger partial charge in [-0.3, -0.25) is 0 Å². The summed E-state index contributed by atoms with van der Waals surface area (Å²) < 4.78 is 2.32. The maximum Gasteiger partial charge on any atom is 0.0956 e. The molecular formula is C15H18N2. The molecule has 1 aliphatic rings. The predicted molar refractivity (Wildman–Crippen MR) is 69.9 cm³/mol. The average Bonchev–Trinajstić information content (AvgIpc) is 2.81. The fourth-order valence-electron chi connectivity index (χ4n) is 2.72. The van der Waals surface area contributed by atoms with Gasteiger partial charge >= 0.3 is 0 Å². The summed E-state index contributed by atoms with van der Waals surface area (Å²) in [4.78, 5) is 4.29. The van der Waals surface area contributed by atoms with Gasteiger partial charge in [-0.05, 0) is 17.4 Å². The van der Waals surface area contributed by atoms with Crippen LogP contribution in [0.2, 0.25) is 0 Å². The molecule has 0 N–H and O–H groups in total. The summed E-state index contributed by atoms with van der Waals surface area (Å²) in [7, 11) is 0. The molecule has 1 atom stereocenters. The van der Waals surface area contributed by atoms with Gasteiger partial charge in [-0.15, -0.1) is 0 Å². The van der Waals surface area contributed by atoms with Crippen LogP contribution in [-0.4, -0.2) is 9.55 Å². The third kappa shape index (κ3) is 1.68. The highest BCUT2D eigenvalue weighted by atomic mass is 15.1. The first kappa shape index (κ1) is 10.6. The van der Waals surface area contributed by atoms with E-state index in [0.717, 1.165) is 6.42 Å². The second-order valence-corrected chi connectivity index (χ2v) is 6.05. The van der Waals surface area contributed by atoms with Crippen LogP contribution in [0, 0.1) is 5.41 Å². The molecule has 0 saturated heterocycles. The summed E-state index contributed by atoms with van der Waals surface area (Å²) in [5, 5.41) is 0. The van der Waals surface area contributed by atoms with Gasteiger partial charge in [-0.25, -0.2) is 4.98 Å². The fourth-order valence-corrected chi connectivity index (χ4v) is 2.72. The van der Waals surface area contributed by atoms with Gasteiger partial charge in [0.15, 0.2) is 0 Å². The van der Waals surface area contributed by atoms with E-state index >= 15 is 0 Å². The zero-order chi connectivity index (χ0) is 12.0. The lowest BCUT2D eigenvalue weighted by atomic mass is 9.85. The number of nitrogens with zero attached hydrogens (tertiary/aromatic N) is 2. The highest BCUT2D eigenvalue weighted by Crippen LogP contribution is 2.43. The molecule has 17 heavy (non-hydrogen) atoms. The van der Waals surface area contributed by atoms with E-state index in [-0.39, 0.29) is 0 Å². The number of imidazole rings is 1. The number of aromatic nitrogens is 2. The summed E-state index contributed by atoms with van der Waals surface area (Å²) in [6.07, 6.45) is 5.08. The van der Waals surface area contributed by atoms with E-state index in [1.54, 1.807) is 0 Å². The van der Waals surface area contributed by atoms with Gasteiger partial charge in [0.1, 0.15) is 0 Å². The lowest BCUT2D eigenvalue weighted by molar-refractivity contribution is 0.324. The Morgan fingerprint density at radius 3 is 2.76 bits per heavy atom. The first-order valence-electron chi connectivity index (χ1n) is 6.17. The molecule has 88 valence electrons. The molecule has 1 aliphatic heterocycles. The van der Waals surface area contributed by atoms with Crippen LogP contribution < -0.4 is 0 Å². The molecule has 0 saturated carbocycles. The Hall–Kier alpha value is -1.57. The topological polar surface area (TPSA) is 17.8 Å². The van der Waals surface area contributed by atoms with E-state index in [0.29, 0.717) is 11.5 Å². The van der Waals surface area contributed by atoms with Crippen LogP contribution in [0.5, 0.6) is 0 Å². The molecule has 3 rings (SSSR count). The van der Waals surface area contributed by atoms with Gasteiger partial charge in [-0.1, -0.05) is 45.0 Å². The van der Waals surface area contributed by atoms with Crippen LogP contribution in [0.4, 0.5) is 0 Å². The predicted octanol–water partition coefficient (Wildman–Crippen LogP) is 3.89. The van der Waals surface area contributed by atoms with Gasteiger partial charge < -0.3 is 4.57 Å². The first-order chi connectivity index (χ1) is 8.06. The van der Waals surface area contributed by atoms with Crippen LogP contribution in [0.3, 0.4) is 0 Å². The number of hydrogen-bond donors (Lipinski definition) is 0. The van der Waals surface area contributed by atoms with E-state index in [4.69, 9.17) is 0 Å². The van der Waals surface area contributed by atoms with Crippen molar-refractivity contribution in [3.05, 3.63) is 42.4 Å². The van der Waals surface area contributed by atoms with Crippen LogP contribution in [0.1, 0.15) is 38.8 Å². The largest absolute Gasteiger partial charge is 0.323 e. The lowest BCUT2D eigenvalue weighted by Crippen LogP contribution is -2.15. The van der Waals surface area contributed by atoms with E-state index < -0.39 is 0 Å². The van der Waals surface area contributed by atoms with Gasteiger partial charge in [-0.2, -0.15) is 0 Å². The average molecular weight is 226 g/mol. The normalized spacial score (nSPS) is 17.9. The molecule has 2 aromatic rings. The Balaban J connectivity index is 2.11. The van der Waals surface area contributed by atoms with Crippen molar-refractivity contribution in [1.82, 2.24) is 9.55 Å². The smallest absolute Gasteiger partial charge is 0.0956 e. The Bertz CT molecular complexity index is 546. The highest BCUT2D eigenvalue weighted by molar-refractivity contribution is 5.68. The summed E-state index contributed by atoms with van der Waals surface area (Å²) >= 11 is 0. The zero-order valence-electron chi connectivity index (χ0n) is 10.6. The molecule has 0 amide bonds. The third-order valence-corrected chi connectivity index (χ3v) is 3.40. The van der Waals surface area contributed by atoms with Crippen molar-refractivity contribution < 1.29 is 0 Å². The van der Waals surface area contributed by atoms with Crippen molar-refractivity contribution in [3.8, 4) is 11.3 Å². The van der Waals surface area contributed by atoms with Crippen molar-refractivity contribution in [1.29, 1.82) is 0 Å². The van der Waals surface area contributed by atoms with Crippen LogP contribution >= 0.6 is 0 Å². The van der Waals surface area contributed by atoms with Crippen molar-refractivity contribution in [2.45, 2.75) is 33.2 Å². The van der Waals surface area contributed by atoms with Crippen molar-refractivity contribution in [2.75, 3.05) is 0 Å². The van der Waals surface area contributed by atoms with Crippen LogP contribution in [0.25, 0.3) is 11.3 Å². The fraction of sp³-hybridized carbons (Fsp3) is 0.400. The molecule has 2 heteroatoms. The summed E-state index contributed by atoms with van der Waals surface area (Å²) in [5.41, 5.74) is 4.37. The Labute approximate surface area is 102 Å². The lowest BCUT2D eigenvalue weighted by Gasteiger charge is -2.25. The molecule has 0 radical (unpaired) electrons. The molecule has 2 nitrogen and oxygen atoms in total. The Morgan fingerprint density at radius 2 is 2.00 bits per heavy atom. The van der Waals surface area contributed by atoms with E-state index in [2.05, 4.69) is 54.6 Å². The first-order valence-corrected chi connectivity index (χ1v) is 6.17. The maximum atomic E-state index is 4.29. The highest BCUT2D eigenvalue weighted by Gasteiger charge is 2.30. The molecule has 0 bridgehead atoms. The molecular weight excluding hydrogens is 208 g/mol. The standard InChI is InChI=1S/C15H18N2/c1-15(2,3)8-13-11-6-4-5-7-12(11)14-9-16-10-17(13)14/h4-7,9-10,13H,8H2,1-3H3. The molecule has 0 fully saturated rings. The number of fused-ring (bicyclic) bond motifs is 3. The maximum absolute atomic E-state index is 4.29. The summed E-state index contributed by atoms with van der Waals surface area (Å²) in [5.74, 6) is 0. The minimum Gasteiger partial charge on any atom is -0.323 e. The quantitative estimate of drug-likeness (QED) is 0.721. The Morgan fingerprint density at radius 1 is 1.24 bits per heavy atom. The molecule has 1 aromatic carbocycles. The molecule has 1 aromatic heterocycles. The molecule has 0 spiro atoms. The van der Waals surface area contributed by atoms with Crippen molar-refractivity contribution >= 4 is 0 Å². The van der Waals surface area contributed by atoms with E-state index in [1.165, 1.54) is 16.8 Å². The zero-order valence-corrected chi connectivity index (χ0v) is 10.6. The van der Waals surface area contributed by atoms with Gasteiger partial charge in [0.2, 0.25) is 0 Å². The minimum atomic E-state index is 0.323. The second kappa shape index (κ2) is 3.46. The Kier molecular flexibility index (Phi) is 2.15. The van der Waals surface area contributed by atoms with Gasteiger partial charge in [0.25, 0.3) is 0 Å². The molecule has 2 heterocycles. The van der Waals surface area contributed by atoms with Crippen LogP contribution in [-0.2, 0) is 0 Å². The molecule has 0 aliphatic carbocycles. The van der Waals surface area contributed by atoms with Gasteiger partial charge in [0.05, 0.1) is 24.3 Å². The number of benzene rings is 1. The van der Waals surface area contributed by atoms with Crippen molar-refractivity contribution in [2.24, 2.45) is 5.41 Å². The van der Waals surface area contributed by atoms with E-state index in [9.17, 15) is 0 Å².